The summed E-state index contributed by atoms with van der Waals surface area (Å²) in [6, 6.07) is 7.03. The maximum atomic E-state index is 11.5. The zero-order valence-electron chi connectivity index (χ0n) is 8.71. The van der Waals surface area contributed by atoms with Gasteiger partial charge in [0.05, 0.1) is 13.7 Å². The molecule has 0 aliphatic carbocycles. The van der Waals surface area contributed by atoms with Crippen LogP contribution in [0.4, 0.5) is 0 Å². The van der Waals surface area contributed by atoms with E-state index in [1.165, 1.54) is 7.11 Å². The van der Waals surface area contributed by atoms with Crippen LogP contribution in [0, 0.1) is 0 Å². The molecule has 0 atom stereocenters. The average Bonchev–Trinajstić information content (AvgIpc) is 2.70. The van der Waals surface area contributed by atoms with Crippen LogP contribution < -0.4 is 16.2 Å². The zero-order chi connectivity index (χ0) is 11.5. The fourth-order valence-electron chi connectivity index (χ4n) is 1.36. The van der Waals surface area contributed by atoms with Crippen LogP contribution in [-0.2, 0) is 6.54 Å². The van der Waals surface area contributed by atoms with Crippen molar-refractivity contribution < 1.29 is 9.15 Å². The Hall–Kier alpha value is -2.08. The molecule has 1 aromatic heterocycles. The van der Waals surface area contributed by atoms with Gasteiger partial charge in [-0.1, -0.05) is 12.1 Å². The third kappa shape index (κ3) is 1.70. The summed E-state index contributed by atoms with van der Waals surface area (Å²) >= 11 is 0. The van der Waals surface area contributed by atoms with Crippen LogP contribution in [0.1, 0.15) is 5.89 Å². The van der Waals surface area contributed by atoms with Gasteiger partial charge in [0.1, 0.15) is 11.4 Å². The summed E-state index contributed by atoms with van der Waals surface area (Å²) in [6.45, 7) is 0.0807. The van der Waals surface area contributed by atoms with Crippen LogP contribution in [-0.4, -0.2) is 16.9 Å². The monoisotopic (exact) mass is 221 g/mol. The quantitative estimate of drug-likeness (QED) is 0.805. The molecule has 6 heteroatoms. The summed E-state index contributed by atoms with van der Waals surface area (Å²) < 4.78 is 11.1. The number of benzene rings is 1. The largest absolute Gasteiger partial charge is 0.494 e. The SMILES string of the molecule is COc1ccccc1-n1nc(CN)oc1=O. The highest BCUT2D eigenvalue weighted by atomic mass is 16.5. The lowest BCUT2D eigenvalue weighted by molar-refractivity contribution is 0.409. The van der Waals surface area contributed by atoms with Crippen molar-refractivity contribution >= 4 is 0 Å². The molecule has 1 heterocycles. The summed E-state index contributed by atoms with van der Waals surface area (Å²) in [4.78, 5) is 11.5. The van der Waals surface area contributed by atoms with Crippen molar-refractivity contribution in [3.05, 3.63) is 40.7 Å². The maximum absolute atomic E-state index is 11.5. The van der Waals surface area contributed by atoms with E-state index in [0.717, 1.165) is 4.68 Å². The highest BCUT2D eigenvalue weighted by Gasteiger charge is 2.12. The van der Waals surface area contributed by atoms with Crippen molar-refractivity contribution in [1.29, 1.82) is 0 Å². The molecule has 0 aliphatic rings. The van der Waals surface area contributed by atoms with Crippen molar-refractivity contribution in [2.75, 3.05) is 7.11 Å². The van der Waals surface area contributed by atoms with Crippen LogP contribution in [0.15, 0.2) is 33.5 Å². The normalized spacial score (nSPS) is 10.4. The van der Waals surface area contributed by atoms with Gasteiger partial charge in [-0.25, -0.2) is 4.79 Å². The molecular formula is C10H11N3O3. The van der Waals surface area contributed by atoms with Crippen LogP contribution in [0.25, 0.3) is 5.69 Å². The Kier molecular flexibility index (Phi) is 2.74. The third-order valence-electron chi connectivity index (χ3n) is 2.08. The van der Waals surface area contributed by atoms with Gasteiger partial charge in [-0.2, -0.15) is 4.68 Å². The van der Waals surface area contributed by atoms with Crippen LogP contribution >= 0.6 is 0 Å². The number of rotatable bonds is 3. The number of nitrogens with two attached hydrogens (primary N) is 1. The standard InChI is InChI=1S/C10H11N3O3/c1-15-8-5-3-2-4-7(8)13-10(14)16-9(6-11)12-13/h2-5H,6,11H2,1H3. The minimum Gasteiger partial charge on any atom is -0.494 e. The number of para-hydroxylation sites is 2. The molecule has 84 valence electrons. The summed E-state index contributed by atoms with van der Waals surface area (Å²) in [7, 11) is 1.52. The van der Waals surface area contributed by atoms with Crippen molar-refractivity contribution in [3.8, 4) is 11.4 Å². The van der Waals surface area contributed by atoms with E-state index in [4.69, 9.17) is 14.9 Å². The molecule has 6 nitrogen and oxygen atoms in total. The highest BCUT2D eigenvalue weighted by Crippen LogP contribution is 2.19. The second-order valence-electron chi connectivity index (χ2n) is 3.05. The lowest BCUT2D eigenvalue weighted by Crippen LogP contribution is -2.14. The van der Waals surface area contributed by atoms with Gasteiger partial charge in [-0.3, -0.25) is 0 Å². The molecule has 16 heavy (non-hydrogen) atoms. The maximum Gasteiger partial charge on any atom is 0.442 e. The summed E-state index contributed by atoms with van der Waals surface area (Å²) in [5.41, 5.74) is 5.87. The van der Waals surface area contributed by atoms with Crippen molar-refractivity contribution in [3.63, 3.8) is 0 Å². The number of nitrogens with zero attached hydrogens (tertiary/aromatic N) is 2. The Morgan fingerprint density at radius 2 is 2.25 bits per heavy atom. The Balaban J connectivity index is 2.58. The minimum atomic E-state index is -0.579. The lowest BCUT2D eigenvalue weighted by atomic mass is 10.3. The molecule has 0 saturated heterocycles. The van der Waals surface area contributed by atoms with Gasteiger partial charge in [0.25, 0.3) is 0 Å². The van der Waals surface area contributed by atoms with E-state index in [2.05, 4.69) is 5.10 Å². The van der Waals surface area contributed by atoms with E-state index in [1.54, 1.807) is 24.3 Å². The van der Waals surface area contributed by atoms with Gasteiger partial charge in [-0.15, -0.1) is 5.10 Å². The Morgan fingerprint density at radius 3 is 2.88 bits per heavy atom. The molecule has 0 radical (unpaired) electrons. The number of ether oxygens (including phenoxy) is 1. The second-order valence-corrected chi connectivity index (χ2v) is 3.05. The van der Waals surface area contributed by atoms with Gasteiger partial charge < -0.3 is 14.9 Å². The molecule has 0 spiro atoms. The van der Waals surface area contributed by atoms with E-state index in [0.29, 0.717) is 11.4 Å². The molecule has 0 saturated carbocycles. The van der Waals surface area contributed by atoms with Gasteiger partial charge in [0.15, 0.2) is 0 Å². The fourth-order valence-corrected chi connectivity index (χ4v) is 1.36. The molecule has 0 amide bonds. The minimum absolute atomic E-state index is 0.0807. The molecule has 0 bridgehead atoms. The molecule has 0 fully saturated rings. The number of aromatic nitrogens is 2. The fraction of sp³-hybridized carbons (Fsp3) is 0.200. The topological polar surface area (TPSA) is 83.3 Å². The smallest absolute Gasteiger partial charge is 0.442 e. The second kappa shape index (κ2) is 4.19. The Labute approximate surface area is 91.2 Å². The molecular weight excluding hydrogens is 210 g/mol. The first-order valence-electron chi connectivity index (χ1n) is 4.68. The van der Waals surface area contributed by atoms with Crippen molar-refractivity contribution in [1.82, 2.24) is 9.78 Å². The van der Waals surface area contributed by atoms with E-state index < -0.39 is 5.76 Å². The van der Waals surface area contributed by atoms with E-state index >= 15 is 0 Å². The van der Waals surface area contributed by atoms with Gasteiger partial charge in [0.2, 0.25) is 5.89 Å². The summed E-state index contributed by atoms with van der Waals surface area (Å²) in [5.74, 6) is 0.155. The zero-order valence-corrected chi connectivity index (χ0v) is 8.71. The predicted molar refractivity (Wildman–Crippen MR) is 56.5 cm³/mol. The highest BCUT2D eigenvalue weighted by molar-refractivity contribution is 5.45. The average molecular weight is 221 g/mol. The summed E-state index contributed by atoms with van der Waals surface area (Å²) in [6.07, 6.45) is 0. The Morgan fingerprint density at radius 1 is 1.50 bits per heavy atom. The van der Waals surface area contributed by atoms with Crippen molar-refractivity contribution in [2.45, 2.75) is 6.54 Å². The van der Waals surface area contributed by atoms with Crippen LogP contribution in [0.5, 0.6) is 5.75 Å². The summed E-state index contributed by atoms with van der Waals surface area (Å²) in [5, 5.41) is 3.94. The van der Waals surface area contributed by atoms with Gasteiger partial charge in [0, 0.05) is 0 Å². The van der Waals surface area contributed by atoms with E-state index in [-0.39, 0.29) is 12.4 Å². The van der Waals surface area contributed by atoms with Crippen molar-refractivity contribution in [2.24, 2.45) is 5.73 Å². The van der Waals surface area contributed by atoms with Gasteiger partial charge >= 0.3 is 5.76 Å². The molecule has 2 aromatic rings. The first kappa shape index (κ1) is 10.4. The Bertz CT molecular complexity index is 544. The molecule has 1 aromatic carbocycles. The third-order valence-corrected chi connectivity index (χ3v) is 2.08. The number of methoxy groups -OCH3 is 1. The lowest BCUT2D eigenvalue weighted by Gasteiger charge is -2.05. The van der Waals surface area contributed by atoms with Crippen LogP contribution in [0.3, 0.4) is 0 Å². The number of hydrogen-bond donors (Lipinski definition) is 1. The molecule has 2 rings (SSSR count). The number of hydrogen-bond acceptors (Lipinski definition) is 5. The van der Waals surface area contributed by atoms with Gasteiger partial charge in [-0.05, 0) is 12.1 Å². The van der Waals surface area contributed by atoms with E-state index in [9.17, 15) is 4.79 Å². The van der Waals surface area contributed by atoms with E-state index in [1.807, 2.05) is 0 Å². The first-order chi connectivity index (χ1) is 7.76. The molecule has 0 aliphatic heterocycles. The molecule has 0 unspecified atom stereocenters. The first-order valence-corrected chi connectivity index (χ1v) is 4.68. The molecule has 2 N–H and O–H groups in total. The van der Waals surface area contributed by atoms with Crippen LogP contribution in [0.2, 0.25) is 0 Å². The predicted octanol–water partition coefficient (Wildman–Crippen LogP) is 0.293.